The largest absolute Gasteiger partial charge is 0.399 e. The van der Waals surface area contributed by atoms with Gasteiger partial charge in [-0.25, -0.2) is 0 Å². The van der Waals surface area contributed by atoms with Gasteiger partial charge < -0.3 is 4.84 Å². The monoisotopic (exact) mass is 205 g/mol. The van der Waals surface area contributed by atoms with Crippen molar-refractivity contribution in [3.8, 4) is 0 Å². The minimum atomic E-state index is 0.955. The molecule has 0 heterocycles. The molecule has 0 amide bonds. The summed E-state index contributed by atoms with van der Waals surface area (Å²) in [5.41, 5.74) is 5.11. The third kappa shape index (κ3) is 3.74. The fraction of sp³-hybridized carbons (Fsp3) is 0.462. The second kappa shape index (κ2) is 5.54. The van der Waals surface area contributed by atoms with E-state index in [0.29, 0.717) is 0 Å². The topological polar surface area (TPSA) is 21.6 Å². The summed E-state index contributed by atoms with van der Waals surface area (Å²) >= 11 is 0. The van der Waals surface area contributed by atoms with Crippen LogP contribution in [-0.4, -0.2) is 12.8 Å². The normalized spacial score (nSPS) is 11.6. The standard InChI is InChI=1S/C13H19NO/c1-10-5-7-13(9-11(10)2)8-6-12(3)14-15-4/h5,7,9H,6,8H2,1-4H3/b14-12+. The van der Waals surface area contributed by atoms with Crippen LogP contribution in [0.15, 0.2) is 23.4 Å². The van der Waals surface area contributed by atoms with Crippen molar-refractivity contribution in [3.05, 3.63) is 34.9 Å². The van der Waals surface area contributed by atoms with Crippen molar-refractivity contribution in [1.82, 2.24) is 0 Å². The van der Waals surface area contributed by atoms with Crippen LogP contribution in [0.25, 0.3) is 0 Å². The summed E-state index contributed by atoms with van der Waals surface area (Å²) in [6, 6.07) is 6.60. The third-order valence-corrected chi connectivity index (χ3v) is 2.59. The maximum absolute atomic E-state index is 4.72. The van der Waals surface area contributed by atoms with Gasteiger partial charge in [-0.1, -0.05) is 23.4 Å². The summed E-state index contributed by atoms with van der Waals surface area (Å²) in [6.45, 7) is 6.27. The maximum Gasteiger partial charge on any atom is 0.106 e. The maximum atomic E-state index is 4.72. The van der Waals surface area contributed by atoms with Crippen LogP contribution in [0.5, 0.6) is 0 Å². The van der Waals surface area contributed by atoms with Gasteiger partial charge in [0.25, 0.3) is 0 Å². The Morgan fingerprint density at radius 2 is 2.00 bits per heavy atom. The van der Waals surface area contributed by atoms with Gasteiger partial charge >= 0.3 is 0 Å². The molecule has 0 aliphatic heterocycles. The summed E-state index contributed by atoms with van der Waals surface area (Å²) in [5, 5.41) is 3.90. The van der Waals surface area contributed by atoms with Gasteiger partial charge in [0.15, 0.2) is 0 Å². The van der Waals surface area contributed by atoms with Crippen molar-refractivity contribution >= 4 is 5.71 Å². The Morgan fingerprint density at radius 3 is 2.60 bits per heavy atom. The lowest BCUT2D eigenvalue weighted by molar-refractivity contribution is 0.212. The molecule has 2 heteroatoms. The van der Waals surface area contributed by atoms with E-state index in [2.05, 4.69) is 37.2 Å². The van der Waals surface area contributed by atoms with Crippen LogP contribution in [-0.2, 0) is 11.3 Å². The molecule has 2 nitrogen and oxygen atoms in total. The smallest absolute Gasteiger partial charge is 0.106 e. The van der Waals surface area contributed by atoms with Crippen LogP contribution in [0.2, 0.25) is 0 Å². The van der Waals surface area contributed by atoms with Crippen molar-refractivity contribution in [1.29, 1.82) is 0 Å². The number of nitrogens with zero attached hydrogens (tertiary/aromatic N) is 1. The molecular formula is C13H19NO. The van der Waals surface area contributed by atoms with E-state index in [1.54, 1.807) is 7.11 Å². The highest BCUT2D eigenvalue weighted by Gasteiger charge is 1.98. The van der Waals surface area contributed by atoms with Crippen molar-refractivity contribution in [2.45, 2.75) is 33.6 Å². The third-order valence-electron chi connectivity index (χ3n) is 2.59. The molecule has 1 rings (SSSR count). The van der Waals surface area contributed by atoms with Crippen molar-refractivity contribution in [3.63, 3.8) is 0 Å². The zero-order valence-electron chi connectivity index (χ0n) is 10.0. The highest BCUT2D eigenvalue weighted by molar-refractivity contribution is 5.81. The van der Waals surface area contributed by atoms with Crippen LogP contribution in [0.4, 0.5) is 0 Å². The predicted molar refractivity (Wildman–Crippen MR) is 64.4 cm³/mol. The van der Waals surface area contributed by atoms with Crippen molar-refractivity contribution in [2.24, 2.45) is 5.16 Å². The van der Waals surface area contributed by atoms with Gasteiger partial charge in [0, 0.05) is 0 Å². The number of benzene rings is 1. The summed E-state index contributed by atoms with van der Waals surface area (Å²) in [4.78, 5) is 4.72. The lowest BCUT2D eigenvalue weighted by atomic mass is 10.0. The first-order chi connectivity index (χ1) is 7.13. The van der Waals surface area contributed by atoms with Gasteiger partial charge in [0.2, 0.25) is 0 Å². The molecule has 0 aliphatic carbocycles. The Labute approximate surface area is 91.9 Å². The second-order valence-corrected chi connectivity index (χ2v) is 3.93. The number of hydrogen-bond donors (Lipinski definition) is 0. The number of hydrogen-bond acceptors (Lipinski definition) is 2. The predicted octanol–water partition coefficient (Wildman–Crippen LogP) is 3.26. The summed E-state index contributed by atoms with van der Waals surface area (Å²) in [6.07, 6.45) is 1.98. The minimum absolute atomic E-state index is 0.955. The molecule has 0 aromatic heterocycles. The minimum Gasteiger partial charge on any atom is -0.399 e. The molecule has 0 fully saturated rings. The Hall–Kier alpha value is -1.31. The average Bonchev–Trinajstić information content (AvgIpc) is 2.20. The van der Waals surface area contributed by atoms with Gasteiger partial charge in [0.1, 0.15) is 7.11 Å². The Kier molecular flexibility index (Phi) is 4.35. The number of rotatable bonds is 4. The van der Waals surface area contributed by atoms with Crippen LogP contribution in [0, 0.1) is 13.8 Å². The molecule has 0 saturated heterocycles. The first kappa shape index (κ1) is 11.8. The van der Waals surface area contributed by atoms with E-state index in [9.17, 15) is 0 Å². The summed E-state index contributed by atoms with van der Waals surface area (Å²) in [7, 11) is 1.58. The molecular weight excluding hydrogens is 186 g/mol. The van der Waals surface area contributed by atoms with E-state index < -0.39 is 0 Å². The molecule has 0 bridgehead atoms. The molecule has 1 aromatic carbocycles. The van der Waals surface area contributed by atoms with E-state index >= 15 is 0 Å². The first-order valence-corrected chi connectivity index (χ1v) is 5.26. The van der Waals surface area contributed by atoms with E-state index in [4.69, 9.17) is 4.84 Å². The molecule has 1 aromatic rings. The van der Waals surface area contributed by atoms with Crippen molar-refractivity contribution in [2.75, 3.05) is 7.11 Å². The lowest BCUT2D eigenvalue weighted by Gasteiger charge is -2.04. The molecule has 0 atom stereocenters. The van der Waals surface area contributed by atoms with Crippen LogP contribution >= 0.6 is 0 Å². The molecule has 0 N–H and O–H groups in total. The molecule has 15 heavy (non-hydrogen) atoms. The van der Waals surface area contributed by atoms with E-state index in [1.165, 1.54) is 16.7 Å². The number of oxime groups is 1. The molecule has 82 valence electrons. The Bertz CT molecular complexity index is 356. The van der Waals surface area contributed by atoms with Crippen molar-refractivity contribution < 1.29 is 4.84 Å². The number of aryl methyl sites for hydroxylation is 3. The molecule has 0 saturated carbocycles. The molecule has 0 unspecified atom stereocenters. The lowest BCUT2D eigenvalue weighted by Crippen LogP contribution is -1.96. The summed E-state index contributed by atoms with van der Waals surface area (Å²) in [5.74, 6) is 0. The molecule has 0 spiro atoms. The fourth-order valence-electron chi connectivity index (χ4n) is 1.49. The molecule has 0 aliphatic rings. The van der Waals surface area contributed by atoms with Crippen LogP contribution in [0.1, 0.15) is 30.0 Å². The SMILES string of the molecule is CO/N=C(\C)CCc1ccc(C)c(C)c1. The Balaban J connectivity index is 2.58. The molecule has 0 radical (unpaired) electrons. The van der Waals surface area contributed by atoms with Gasteiger partial charge in [-0.3, -0.25) is 0 Å². The van der Waals surface area contributed by atoms with Crippen LogP contribution < -0.4 is 0 Å². The average molecular weight is 205 g/mol. The highest BCUT2D eigenvalue weighted by atomic mass is 16.6. The zero-order valence-corrected chi connectivity index (χ0v) is 10.0. The van der Waals surface area contributed by atoms with Crippen LogP contribution in [0.3, 0.4) is 0 Å². The summed E-state index contributed by atoms with van der Waals surface area (Å²) < 4.78 is 0. The van der Waals surface area contributed by atoms with E-state index in [-0.39, 0.29) is 0 Å². The van der Waals surface area contributed by atoms with E-state index in [0.717, 1.165) is 18.6 Å². The van der Waals surface area contributed by atoms with Gasteiger partial charge in [-0.05, 0) is 50.3 Å². The first-order valence-electron chi connectivity index (χ1n) is 5.26. The highest BCUT2D eigenvalue weighted by Crippen LogP contribution is 2.11. The second-order valence-electron chi connectivity index (χ2n) is 3.93. The Morgan fingerprint density at radius 1 is 1.27 bits per heavy atom. The zero-order chi connectivity index (χ0) is 11.3. The van der Waals surface area contributed by atoms with Gasteiger partial charge in [-0.2, -0.15) is 0 Å². The fourth-order valence-corrected chi connectivity index (χ4v) is 1.49. The quantitative estimate of drug-likeness (QED) is 0.546. The van der Waals surface area contributed by atoms with E-state index in [1.807, 2.05) is 6.92 Å². The van der Waals surface area contributed by atoms with Gasteiger partial charge in [0.05, 0.1) is 5.71 Å². The van der Waals surface area contributed by atoms with Gasteiger partial charge in [-0.15, -0.1) is 0 Å².